The molecule has 0 aliphatic heterocycles. The number of rotatable bonds is 5. The van der Waals surface area contributed by atoms with Crippen LogP contribution in [0.2, 0.25) is 5.02 Å². The van der Waals surface area contributed by atoms with E-state index < -0.39 is 0 Å². The second-order valence-electron chi connectivity index (χ2n) is 4.35. The lowest BCUT2D eigenvalue weighted by atomic mass is 10.1. The zero-order chi connectivity index (χ0) is 13.8. The van der Waals surface area contributed by atoms with Gasteiger partial charge in [-0.2, -0.15) is 0 Å². The van der Waals surface area contributed by atoms with E-state index in [2.05, 4.69) is 53.3 Å². The van der Waals surface area contributed by atoms with Gasteiger partial charge in [-0.15, -0.1) is 11.3 Å². The standard InChI is InChI=1S/C15H17BrClNS/c1-3-13(18-4-2)15-8-7-14(19-15)10-5-6-11(16)12(17)9-10/h5-9,13,18H,3-4H2,1-2H3. The molecular weight excluding hydrogens is 342 g/mol. The van der Waals surface area contributed by atoms with Gasteiger partial charge in [0.25, 0.3) is 0 Å². The third-order valence-electron chi connectivity index (χ3n) is 3.03. The van der Waals surface area contributed by atoms with Crippen LogP contribution in [-0.2, 0) is 0 Å². The maximum Gasteiger partial charge on any atom is 0.0554 e. The number of halogens is 2. The summed E-state index contributed by atoms with van der Waals surface area (Å²) >= 11 is 11.4. The highest BCUT2D eigenvalue weighted by Crippen LogP contribution is 2.35. The van der Waals surface area contributed by atoms with Gasteiger partial charge in [-0.1, -0.05) is 31.5 Å². The zero-order valence-corrected chi connectivity index (χ0v) is 14.2. The van der Waals surface area contributed by atoms with Crippen LogP contribution in [0.5, 0.6) is 0 Å². The molecule has 0 aliphatic carbocycles. The van der Waals surface area contributed by atoms with Crippen molar-refractivity contribution in [3.05, 3.63) is 44.7 Å². The van der Waals surface area contributed by atoms with Crippen molar-refractivity contribution in [3.8, 4) is 10.4 Å². The van der Waals surface area contributed by atoms with E-state index in [-0.39, 0.29) is 0 Å². The van der Waals surface area contributed by atoms with Gasteiger partial charge in [-0.25, -0.2) is 0 Å². The van der Waals surface area contributed by atoms with Gasteiger partial charge < -0.3 is 5.32 Å². The van der Waals surface area contributed by atoms with E-state index in [0.717, 1.165) is 22.5 Å². The van der Waals surface area contributed by atoms with Crippen LogP contribution in [0.15, 0.2) is 34.8 Å². The lowest BCUT2D eigenvalue weighted by Crippen LogP contribution is -2.18. The Bertz CT molecular complexity index is 553. The first-order valence-corrected chi connectivity index (χ1v) is 8.43. The normalized spacial score (nSPS) is 12.6. The van der Waals surface area contributed by atoms with Crippen LogP contribution in [0.25, 0.3) is 10.4 Å². The fraction of sp³-hybridized carbons (Fsp3) is 0.333. The molecule has 0 amide bonds. The lowest BCUT2D eigenvalue weighted by molar-refractivity contribution is 0.545. The SMILES string of the molecule is CCNC(CC)c1ccc(-c2ccc(Br)c(Cl)c2)s1. The molecule has 19 heavy (non-hydrogen) atoms. The van der Waals surface area contributed by atoms with Crippen LogP contribution in [0.4, 0.5) is 0 Å². The second-order valence-corrected chi connectivity index (χ2v) is 6.73. The molecule has 1 heterocycles. The van der Waals surface area contributed by atoms with Crippen molar-refractivity contribution in [2.75, 3.05) is 6.54 Å². The first kappa shape index (κ1) is 15.0. The number of benzene rings is 1. The predicted octanol–water partition coefficient (Wildman–Crippen LogP) is 5.89. The summed E-state index contributed by atoms with van der Waals surface area (Å²) in [5, 5.41) is 4.27. The van der Waals surface area contributed by atoms with Crippen LogP contribution in [-0.4, -0.2) is 6.54 Å². The van der Waals surface area contributed by atoms with Crippen molar-refractivity contribution in [2.45, 2.75) is 26.3 Å². The molecule has 1 atom stereocenters. The van der Waals surface area contributed by atoms with E-state index in [1.807, 2.05) is 23.5 Å². The number of nitrogens with one attached hydrogen (secondary N) is 1. The van der Waals surface area contributed by atoms with Gasteiger partial charge in [0.2, 0.25) is 0 Å². The highest BCUT2D eigenvalue weighted by atomic mass is 79.9. The first-order valence-electron chi connectivity index (χ1n) is 6.44. The summed E-state index contributed by atoms with van der Waals surface area (Å²) < 4.78 is 0.939. The summed E-state index contributed by atoms with van der Waals surface area (Å²) in [5.41, 5.74) is 1.18. The lowest BCUT2D eigenvalue weighted by Gasteiger charge is -2.13. The van der Waals surface area contributed by atoms with Crippen molar-refractivity contribution >= 4 is 38.9 Å². The maximum absolute atomic E-state index is 6.16. The van der Waals surface area contributed by atoms with E-state index in [0.29, 0.717) is 6.04 Å². The molecule has 2 aromatic rings. The summed E-state index contributed by atoms with van der Waals surface area (Å²) in [6.45, 7) is 5.35. The van der Waals surface area contributed by atoms with Gasteiger partial charge in [0.1, 0.15) is 0 Å². The van der Waals surface area contributed by atoms with Crippen LogP contribution in [0.1, 0.15) is 31.2 Å². The van der Waals surface area contributed by atoms with Crippen LogP contribution in [0, 0.1) is 0 Å². The van der Waals surface area contributed by atoms with Crippen molar-refractivity contribution in [1.29, 1.82) is 0 Å². The molecule has 0 fully saturated rings. The summed E-state index contributed by atoms with van der Waals surface area (Å²) in [6, 6.07) is 11.0. The minimum Gasteiger partial charge on any atom is -0.310 e. The fourth-order valence-electron chi connectivity index (χ4n) is 2.04. The minimum absolute atomic E-state index is 0.453. The Kier molecular flexibility index (Phi) is 5.46. The minimum atomic E-state index is 0.453. The molecule has 1 unspecified atom stereocenters. The molecule has 0 radical (unpaired) electrons. The van der Waals surface area contributed by atoms with Crippen molar-refractivity contribution in [1.82, 2.24) is 5.32 Å². The molecule has 102 valence electrons. The third-order valence-corrected chi connectivity index (χ3v) is 5.51. The van der Waals surface area contributed by atoms with Crippen LogP contribution >= 0.6 is 38.9 Å². The maximum atomic E-state index is 6.16. The molecule has 0 saturated heterocycles. The summed E-state index contributed by atoms with van der Waals surface area (Å²) in [4.78, 5) is 2.65. The Morgan fingerprint density at radius 2 is 2.05 bits per heavy atom. The number of thiophene rings is 1. The Hall–Kier alpha value is -0.350. The molecule has 1 aromatic heterocycles. The van der Waals surface area contributed by atoms with Crippen molar-refractivity contribution in [3.63, 3.8) is 0 Å². The van der Waals surface area contributed by atoms with Gasteiger partial charge in [-0.05, 0) is 58.7 Å². The molecule has 1 N–H and O–H groups in total. The Morgan fingerprint density at radius 3 is 2.68 bits per heavy atom. The second kappa shape index (κ2) is 6.89. The van der Waals surface area contributed by atoms with E-state index in [1.165, 1.54) is 15.3 Å². The van der Waals surface area contributed by atoms with E-state index in [4.69, 9.17) is 11.6 Å². The Morgan fingerprint density at radius 1 is 1.26 bits per heavy atom. The molecule has 1 aromatic carbocycles. The van der Waals surface area contributed by atoms with Crippen LogP contribution < -0.4 is 5.32 Å². The molecule has 0 spiro atoms. The summed E-state index contributed by atoms with van der Waals surface area (Å²) in [6.07, 6.45) is 1.11. The first-order chi connectivity index (χ1) is 9.15. The van der Waals surface area contributed by atoms with Crippen molar-refractivity contribution < 1.29 is 0 Å². The van der Waals surface area contributed by atoms with Gasteiger partial charge in [0, 0.05) is 20.3 Å². The largest absolute Gasteiger partial charge is 0.310 e. The summed E-state index contributed by atoms with van der Waals surface area (Å²) in [5.74, 6) is 0. The molecule has 0 saturated carbocycles. The molecule has 0 bridgehead atoms. The smallest absolute Gasteiger partial charge is 0.0554 e. The highest BCUT2D eigenvalue weighted by Gasteiger charge is 2.12. The fourth-order valence-corrected chi connectivity index (χ4v) is 3.63. The van der Waals surface area contributed by atoms with E-state index in [1.54, 1.807) is 0 Å². The topological polar surface area (TPSA) is 12.0 Å². The average Bonchev–Trinajstić information content (AvgIpc) is 2.88. The molecule has 1 nitrogen and oxygen atoms in total. The molecular formula is C15H17BrClNS. The quantitative estimate of drug-likeness (QED) is 0.702. The van der Waals surface area contributed by atoms with E-state index >= 15 is 0 Å². The third kappa shape index (κ3) is 3.60. The van der Waals surface area contributed by atoms with Crippen LogP contribution in [0.3, 0.4) is 0 Å². The highest BCUT2D eigenvalue weighted by molar-refractivity contribution is 9.10. The monoisotopic (exact) mass is 357 g/mol. The predicted molar refractivity (Wildman–Crippen MR) is 89.2 cm³/mol. The van der Waals surface area contributed by atoms with Gasteiger partial charge in [0.05, 0.1) is 5.02 Å². The number of hydrogen-bond donors (Lipinski definition) is 1. The molecule has 2 rings (SSSR count). The van der Waals surface area contributed by atoms with Gasteiger partial charge in [-0.3, -0.25) is 0 Å². The van der Waals surface area contributed by atoms with Gasteiger partial charge >= 0.3 is 0 Å². The van der Waals surface area contributed by atoms with Crippen molar-refractivity contribution in [2.24, 2.45) is 0 Å². The average molecular weight is 359 g/mol. The van der Waals surface area contributed by atoms with E-state index in [9.17, 15) is 0 Å². The Balaban J connectivity index is 2.27. The Labute approximate surface area is 132 Å². The molecule has 4 heteroatoms. The summed E-state index contributed by atoms with van der Waals surface area (Å²) in [7, 11) is 0. The number of hydrogen-bond acceptors (Lipinski definition) is 2. The molecule has 0 aliphatic rings. The van der Waals surface area contributed by atoms with Gasteiger partial charge in [0.15, 0.2) is 0 Å². The zero-order valence-electron chi connectivity index (χ0n) is 11.0.